The van der Waals surface area contributed by atoms with Crippen LogP contribution in [0.3, 0.4) is 0 Å². The zero-order chi connectivity index (χ0) is 16.5. The van der Waals surface area contributed by atoms with Gasteiger partial charge in [-0.15, -0.1) is 0 Å². The van der Waals surface area contributed by atoms with Gasteiger partial charge in [0, 0.05) is 12.2 Å². The number of fused-ring (bicyclic) bond motifs is 1. The fourth-order valence-electron chi connectivity index (χ4n) is 4.30. The summed E-state index contributed by atoms with van der Waals surface area (Å²) in [4.78, 5) is 0. The van der Waals surface area contributed by atoms with Gasteiger partial charge >= 0.3 is 0 Å². The van der Waals surface area contributed by atoms with Crippen molar-refractivity contribution < 1.29 is 9.67 Å². The minimum Gasteiger partial charge on any atom is -0.389 e. The maximum absolute atomic E-state index is 12.3. The number of hydrogen-bond donors (Lipinski definition) is 2. The lowest BCUT2D eigenvalue weighted by Crippen LogP contribution is -2.46. The van der Waals surface area contributed by atoms with E-state index >= 15 is 0 Å². The molecule has 0 bridgehead atoms. The second-order valence-electron chi connectivity index (χ2n) is 8.08. The van der Waals surface area contributed by atoms with Crippen molar-refractivity contribution in [2.75, 3.05) is 26.4 Å². The number of hydrogen-bond acceptors (Lipinski definition) is 3. The summed E-state index contributed by atoms with van der Waals surface area (Å²) in [7, 11) is -2.10. The molecule has 2 unspecified atom stereocenters. The topological polar surface area (TPSA) is 49.3 Å². The standard InChI is InChI=1S/C19H30NO2P/c1-23(2,22)18-8-5-9-19(21,12-18)14-20-13-15-10-16-6-3-4-7-17(16)11-15/h3-4,6-7,15,18,20-21H,5,8-14H2,1-2H3. The molecule has 0 spiro atoms. The van der Waals surface area contributed by atoms with Crippen molar-refractivity contribution in [2.24, 2.45) is 5.92 Å². The molecule has 2 aliphatic carbocycles. The Kier molecular flexibility index (Phi) is 5.01. The van der Waals surface area contributed by atoms with Gasteiger partial charge in [-0.3, -0.25) is 0 Å². The smallest absolute Gasteiger partial charge is 0.0849 e. The Balaban J connectivity index is 1.48. The normalized spacial score (nSPS) is 28.7. The molecule has 0 amide bonds. The zero-order valence-electron chi connectivity index (χ0n) is 14.4. The number of aliphatic hydroxyl groups is 1. The molecule has 23 heavy (non-hydrogen) atoms. The molecule has 2 aliphatic rings. The van der Waals surface area contributed by atoms with Gasteiger partial charge in [-0.05, 0) is 75.4 Å². The average molecular weight is 335 g/mol. The Bertz CT molecular complexity index is 572. The summed E-state index contributed by atoms with van der Waals surface area (Å²) in [5.41, 5.74) is 2.48. The zero-order valence-corrected chi connectivity index (χ0v) is 15.3. The molecule has 3 nitrogen and oxygen atoms in total. The number of benzene rings is 1. The molecule has 1 saturated carbocycles. The van der Waals surface area contributed by atoms with Gasteiger partial charge in [-0.2, -0.15) is 0 Å². The number of nitrogens with one attached hydrogen (secondary N) is 1. The van der Waals surface area contributed by atoms with Crippen LogP contribution in [0.15, 0.2) is 24.3 Å². The number of rotatable bonds is 5. The Hall–Kier alpha value is -0.630. The van der Waals surface area contributed by atoms with E-state index in [2.05, 4.69) is 29.6 Å². The van der Waals surface area contributed by atoms with Crippen LogP contribution >= 0.6 is 7.14 Å². The van der Waals surface area contributed by atoms with Gasteiger partial charge in [0.25, 0.3) is 0 Å². The summed E-state index contributed by atoms with van der Waals surface area (Å²) in [6.45, 7) is 5.33. The average Bonchev–Trinajstić information content (AvgIpc) is 2.89. The van der Waals surface area contributed by atoms with Gasteiger partial charge in [0.05, 0.1) is 12.7 Å². The highest BCUT2D eigenvalue weighted by Gasteiger charge is 2.38. The predicted octanol–water partition coefficient (Wildman–Crippen LogP) is 3.29. The van der Waals surface area contributed by atoms with Crippen LogP contribution in [0.5, 0.6) is 0 Å². The first-order valence-electron chi connectivity index (χ1n) is 8.90. The van der Waals surface area contributed by atoms with E-state index in [9.17, 15) is 9.67 Å². The monoisotopic (exact) mass is 335 g/mol. The molecular formula is C19H30NO2P. The molecule has 0 saturated heterocycles. The van der Waals surface area contributed by atoms with E-state index in [0.29, 0.717) is 18.9 Å². The van der Waals surface area contributed by atoms with Crippen molar-refractivity contribution >= 4 is 7.14 Å². The molecule has 2 atom stereocenters. The van der Waals surface area contributed by atoms with Crippen LogP contribution in [0.1, 0.15) is 36.8 Å². The summed E-state index contributed by atoms with van der Waals surface area (Å²) in [6, 6.07) is 8.70. The maximum atomic E-state index is 12.3. The first-order chi connectivity index (χ1) is 10.9. The Labute approximate surface area is 140 Å². The molecule has 0 radical (unpaired) electrons. The third kappa shape index (κ3) is 4.26. The van der Waals surface area contributed by atoms with Crippen LogP contribution in [0, 0.1) is 5.92 Å². The molecule has 4 heteroatoms. The van der Waals surface area contributed by atoms with E-state index in [1.54, 1.807) is 0 Å². The molecule has 2 N–H and O–H groups in total. The maximum Gasteiger partial charge on any atom is 0.0849 e. The van der Waals surface area contributed by atoms with Crippen LogP contribution in [0.2, 0.25) is 0 Å². The van der Waals surface area contributed by atoms with Crippen molar-refractivity contribution in [3.8, 4) is 0 Å². The first-order valence-corrected chi connectivity index (χ1v) is 11.6. The van der Waals surface area contributed by atoms with Crippen molar-refractivity contribution in [3.63, 3.8) is 0 Å². The van der Waals surface area contributed by atoms with Crippen LogP contribution in [-0.4, -0.2) is 42.8 Å². The van der Waals surface area contributed by atoms with Crippen molar-refractivity contribution in [2.45, 2.75) is 49.8 Å². The van der Waals surface area contributed by atoms with E-state index in [0.717, 1.165) is 38.6 Å². The Morgan fingerprint density at radius 3 is 2.52 bits per heavy atom. The van der Waals surface area contributed by atoms with Crippen molar-refractivity contribution in [1.29, 1.82) is 0 Å². The third-order valence-corrected chi connectivity index (χ3v) is 7.90. The van der Waals surface area contributed by atoms with Gasteiger partial charge in [0.1, 0.15) is 0 Å². The second-order valence-corrected chi connectivity index (χ2v) is 11.7. The molecule has 0 heterocycles. The van der Waals surface area contributed by atoms with E-state index in [4.69, 9.17) is 0 Å². The fraction of sp³-hybridized carbons (Fsp3) is 0.684. The fourth-order valence-corrected chi connectivity index (χ4v) is 5.89. The molecule has 1 aromatic carbocycles. The van der Waals surface area contributed by atoms with E-state index < -0.39 is 12.7 Å². The minimum atomic E-state index is -2.10. The second kappa shape index (κ2) is 6.70. The molecule has 1 fully saturated rings. The quantitative estimate of drug-likeness (QED) is 0.812. The van der Waals surface area contributed by atoms with E-state index in [1.165, 1.54) is 11.1 Å². The minimum absolute atomic E-state index is 0.193. The van der Waals surface area contributed by atoms with Gasteiger partial charge in [-0.25, -0.2) is 0 Å². The molecule has 0 aliphatic heterocycles. The van der Waals surface area contributed by atoms with Crippen LogP contribution < -0.4 is 5.32 Å². The third-order valence-electron chi connectivity index (χ3n) is 5.70. The van der Waals surface area contributed by atoms with Crippen molar-refractivity contribution in [1.82, 2.24) is 5.32 Å². The van der Waals surface area contributed by atoms with Gasteiger partial charge in [-0.1, -0.05) is 24.3 Å². The SMILES string of the molecule is CP(C)(=O)C1CCCC(O)(CNCC2Cc3ccccc3C2)C1. The van der Waals surface area contributed by atoms with E-state index in [1.807, 2.05) is 13.3 Å². The van der Waals surface area contributed by atoms with Crippen molar-refractivity contribution in [3.05, 3.63) is 35.4 Å². The van der Waals surface area contributed by atoms with Crippen LogP contribution in [0.25, 0.3) is 0 Å². The van der Waals surface area contributed by atoms with E-state index in [-0.39, 0.29) is 5.66 Å². The summed E-state index contributed by atoms with van der Waals surface area (Å²) in [6.07, 6.45) is 5.80. The molecule has 0 aromatic heterocycles. The van der Waals surface area contributed by atoms with Gasteiger partial charge in [0.15, 0.2) is 0 Å². The van der Waals surface area contributed by atoms with Gasteiger partial charge < -0.3 is 15.0 Å². The highest BCUT2D eigenvalue weighted by atomic mass is 31.2. The Morgan fingerprint density at radius 2 is 1.91 bits per heavy atom. The lowest BCUT2D eigenvalue weighted by atomic mass is 9.84. The lowest BCUT2D eigenvalue weighted by Gasteiger charge is -2.38. The molecule has 3 rings (SSSR count). The summed E-state index contributed by atoms with van der Waals surface area (Å²) >= 11 is 0. The van der Waals surface area contributed by atoms with Crippen LogP contribution in [0.4, 0.5) is 0 Å². The molecule has 128 valence electrons. The first kappa shape index (κ1) is 17.2. The summed E-state index contributed by atoms with van der Waals surface area (Å²) in [5, 5.41) is 14.4. The Morgan fingerprint density at radius 1 is 1.26 bits per heavy atom. The highest BCUT2D eigenvalue weighted by molar-refractivity contribution is 7.63. The summed E-state index contributed by atoms with van der Waals surface area (Å²) in [5.74, 6) is 0.638. The van der Waals surface area contributed by atoms with Crippen LogP contribution in [-0.2, 0) is 17.4 Å². The predicted molar refractivity (Wildman–Crippen MR) is 96.9 cm³/mol. The van der Waals surface area contributed by atoms with Gasteiger partial charge in [0.2, 0.25) is 0 Å². The largest absolute Gasteiger partial charge is 0.389 e. The lowest BCUT2D eigenvalue weighted by molar-refractivity contribution is 0.00553. The molecule has 1 aromatic rings. The summed E-state index contributed by atoms with van der Waals surface area (Å²) < 4.78 is 12.3. The highest BCUT2D eigenvalue weighted by Crippen LogP contribution is 2.50. The molecular weight excluding hydrogens is 305 g/mol.